The Bertz CT molecular complexity index is 716. The normalized spacial score (nSPS) is 12.7. The van der Waals surface area contributed by atoms with Gasteiger partial charge in [-0.15, -0.1) is 10.2 Å². The van der Waals surface area contributed by atoms with Crippen LogP contribution in [0.4, 0.5) is 0 Å². The number of aromatic nitrogens is 2. The smallest absolute Gasteiger partial charge is 0.247 e. The molecule has 0 radical (unpaired) electrons. The average Bonchev–Trinajstić information content (AvgIpc) is 2.98. The van der Waals surface area contributed by atoms with E-state index in [1.54, 1.807) is 0 Å². The summed E-state index contributed by atoms with van der Waals surface area (Å²) in [4.78, 5) is 0. The SMILES string of the molecule is CCC(NC)c1nnc(-c2ccc3ccccc3c2)o1. The van der Waals surface area contributed by atoms with E-state index in [9.17, 15) is 0 Å². The number of benzene rings is 2. The molecule has 1 aromatic heterocycles. The first-order valence-electron chi connectivity index (χ1n) is 6.81. The van der Waals surface area contributed by atoms with E-state index < -0.39 is 0 Å². The minimum absolute atomic E-state index is 0.108. The van der Waals surface area contributed by atoms with Crippen molar-refractivity contribution in [3.63, 3.8) is 0 Å². The topological polar surface area (TPSA) is 51.0 Å². The predicted molar refractivity (Wildman–Crippen MR) is 79.3 cm³/mol. The molecule has 2 aromatic carbocycles. The molecule has 3 rings (SSSR count). The van der Waals surface area contributed by atoms with Crippen LogP contribution in [0.5, 0.6) is 0 Å². The molecular weight excluding hydrogens is 250 g/mol. The first-order chi connectivity index (χ1) is 9.81. The molecule has 20 heavy (non-hydrogen) atoms. The summed E-state index contributed by atoms with van der Waals surface area (Å²) in [6, 6.07) is 14.5. The molecule has 1 heterocycles. The lowest BCUT2D eigenvalue weighted by atomic mass is 10.1. The zero-order valence-electron chi connectivity index (χ0n) is 11.6. The molecule has 3 aromatic rings. The molecule has 0 aliphatic carbocycles. The summed E-state index contributed by atoms with van der Waals surface area (Å²) in [5.74, 6) is 1.21. The zero-order chi connectivity index (χ0) is 13.9. The Labute approximate surface area is 117 Å². The van der Waals surface area contributed by atoms with Crippen molar-refractivity contribution in [3.8, 4) is 11.5 Å². The summed E-state index contributed by atoms with van der Waals surface area (Å²) >= 11 is 0. The third-order valence-electron chi connectivity index (χ3n) is 3.49. The standard InChI is InChI=1S/C16H17N3O/c1-3-14(17-2)16-19-18-15(20-16)13-9-8-11-6-4-5-7-12(11)10-13/h4-10,14,17H,3H2,1-2H3. The van der Waals surface area contributed by atoms with E-state index in [-0.39, 0.29) is 6.04 Å². The van der Waals surface area contributed by atoms with Crippen molar-refractivity contribution in [3.05, 3.63) is 48.4 Å². The van der Waals surface area contributed by atoms with Crippen LogP contribution in [-0.4, -0.2) is 17.2 Å². The van der Waals surface area contributed by atoms with Crippen molar-refractivity contribution in [1.29, 1.82) is 0 Å². The van der Waals surface area contributed by atoms with Gasteiger partial charge >= 0.3 is 0 Å². The molecule has 1 N–H and O–H groups in total. The van der Waals surface area contributed by atoms with Gasteiger partial charge in [-0.25, -0.2) is 0 Å². The molecular formula is C16H17N3O. The van der Waals surface area contributed by atoms with Crippen LogP contribution in [0.2, 0.25) is 0 Å². The van der Waals surface area contributed by atoms with E-state index in [1.165, 1.54) is 10.8 Å². The Morgan fingerprint density at radius 1 is 1.10 bits per heavy atom. The Balaban J connectivity index is 1.98. The van der Waals surface area contributed by atoms with Crippen LogP contribution in [0.1, 0.15) is 25.3 Å². The summed E-state index contributed by atoms with van der Waals surface area (Å²) in [6.45, 7) is 2.08. The van der Waals surface area contributed by atoms with Crippen molar-refractivity contribution < 1.29 is 4.42 Å². The van der Waals surface area contributed by atoms with E-state index in [4.69, 9.17) is 4.42 Å². The molecule has 4 nitrogen and oxygen atoms in total. The summed E-state index contributed by atoms with van der Waals surface area (Å²) in [7, 11) is 1.90. The molecule has 0 saturated carbocycles. The number of fused-ring (bicyclic) bond motifs is 1. The Morgan fingerprint density at radius 2 is 1.90 bits per heavy atom. The van der Waals surface area contributed by atoms with E-state index in [1.807, 2.05) is 25.2 Å². The molecule has 0 spiro atoms. The van der Waals surface area contributed by atoms with Crippen LogP contribution in [0.25, 0.3) is 22.2 Å². The van der Waals surface area contributed by atoms with Crippen molar-refractivity contribution >= 4 is 10.8 Å². The molecule has 0 bridgehead atoms. The number of rotatable bonds is 4. The third-order valence-corrected chi connectivity index (χ3v) is 3.49. The second-order valence-corrected chi connectivity index (χ2v) is 4.76. The molecule has 102 valence electrons. The summed E-state index contributed by atoms with van der Waals surface area (Å²) in [5.41, 5.74) is 0.952. The second kappa shape index (κ2) is 5.43. The number of hydrogen-bond acceptors (Lipinski definition) is 4. The lowest BCUT2D eigenvalue weighted by Crippen LogP contribution is -2.15. The van der Waals surface area contributed by atoms with E-state index >= 15 is 0 Å². The fourth-order valence-corrected chi connectivity index (χ4v) is 2.32. The first kappa shape index (κ1) is 12.8. The van der Waals surface area contributed by atoms with Crippen LogP contribution in [0.3, 0.4) is 0 Å². The Morgan fingerprint density at radius 3 is 2.65 bits per heavy atom. The van der Waals surface area contributed by atoms with Crippen molar-refractivity contribution in [2.75, 3.05) is 7.05 Å². The van der Waals surface area contributed by atoms with Crippen LogP contribution in [-0.2, 0) is 0 Å². The molecule has 0 aliphatic heterocycles. The maximum Gasteiger partial charge on any atom is 0.247 e. The summed E-state index contributed by atoms with van der Waals surface area (Å²) in [5, 5.41) is 13.8. The number of nitrogens with zero attached hydrogens (tertiary/aromatic N) is 2. The molecule has 0 amide bonds. The van der Waals surface area contributed by atoms with Gasteiger partial charge in [-0.1, -0.05) is 37.3 Å². The average molecular weight is 267 g/mol. The maximum absolute atomic E-state index is 5.78. The highest BCUT2D eigenvalue weighted by atomic mass is 16.4. The third kappa shape index (κ3) is 2.30. The lowest BCUT2D eigenvalue weighted by molar-refractivity contribution is 0.415. The van der Waals surface area contributed by atoms with Gasteiger partial charge in [-0.3, -0.25) is 0 Å². The summed E-state index contributed by atoms with van der Waals surface area (Å²) in [6.07, 6.45) is 0.913. The predicted octanol–water partition coefficient (Wildman–Crippen LogP) is 3.56. The second-order valence-electron chi connectivity index (χ2n) is 4.76. The molecule has 0 aliphatic rings. The fourth-order valence-electron chi connectivity index (χ4n) is 2.32. The van der Waals surface area contributed by atoms with Gasteiger partial charge in [0.1, 0.15) is 0 Å². The quantitative estimate of drug-likeness (QED) is 0.785. The summed E-state index contributed by atoms with van der Waals surface area (Å²) < 4.78 is 5.78. The van der Waals surface area contributed by atoms with Gasteiger partial charge in [0.15, 0.2) is 0 Å². The van der Waals surface area contributed by atoms with Crippen molar-refractivity contribution in [2.24, 2.45) is 0 Å². The molecule has 4 heteroatoms. The molecule has 0 saturated heterocycles. The van der Waals surface area contributed by atoms with Gasteiger partial charge < -0.3 is 9.73 Å². The van der Waals surface area contributed by atoms with Gasteiger partial charge in [0.2, 0.25) is 11.8 Å². The highest BCUT2D eigenvalue weighted by molar-refractivity contribution is 5.86. The van der Waals surface area contributed by atoms with Crippen LogP contribution in [0.15, 0.2) is 46.9 Å². The fraction of sp³-hybridized carbons (Fsp3) is 0.250. The minimum atomic E-state index is 0.108. The lowest BCUT2D eigenvalue weighted by Gasteiger charge is -2.07. The first-order valence-corrected chi connectivity index (χ1v) is 6.81. The van der Waals surface area contributed by atoms with Gasteiger partial charge in [0, 0.05) is 5.56 Å². The van der Waals surface area contributed by atoms with Crippen molar-refractivity contribution in [2.45, 2.75) is 19.4 Å². The molecule has 1 atom stereocenters. The van der Waals surface area contributed by atoms with E-state index in [0.717, 1.165) is 12.0 Å². The monoisotopic (exact) mass is 267 g/mol. The van der Waals surface area contributed by atoms with Crippen LogP contribution >= 0.6 is 0 Å². The maximum atomic E-state index is 5.78. The highest BCUT2D eigenvalue weighted by Crippen LogP contribution is 2.25. The van der Waals surface area contributed by atoms with Gasteiger partial charge in [0.25, 0.3) is 0 Å². The van der Waals surface area contributed by atoms with Gasteiger partial charge in [0.05, 0.1) is 6.04 Å². The van der Waals surface area contributed by atoms with Gasteiger partial charge in [-0.05, 0) is 36.4 Å². The zero-order valence-corrected chi connectivity index (χ0v) is 11.6. The van der Waals surface area contributed by atoms with Gasteiger partial charge in [-0.2, -0.15) is 0 Å². The number of hydrogen-bond donors (Lipinski definition) is 1. The Kier molecular flexibility index (Phi) is 3.48. The molecule has 1 unspecified atom stereocenters. The minimum Gasteiger partial charge on any atom is -0.419 e. The van der Waals surface area contributed by atoms with E-state index in [2.05, 4.69) is 46.7 Å². The molecule has 0 fully saturated rings. The highest BCUT2D eigenvalue weighted by Gasteiger charge is 2.15. The van der Waals surface area contributed by atoms with E-state index in [0.29, 0.717) is 11.8 Å². The number of nitrogens with one attached hydrogen (secondary N) is 1. The largest absolute Gasteiger partial charge is 0.419 e. The van der Waals surface area contributed by atoms with Crippen LogP contribution in [0, 0.1) is 0 Å². The van der Waals surface area contributed by atoms with Crippen LogP contribution < -0.4 is 5.32 Å². The van der Waals surface area contributed by atoms with Crippen molar-refractivity contribution in [1.82, 2.24) is 15.5 Å². The Hall–Kier alpha value is -2.20.